The summed E-state index contributed by atoms with van der Waals surface area (Å²) in [5.41, 5.74) is 2.18. The second kappa shape index (κ2) is 7.00. The van der Waals surface area contributed by atoms with E-state index in [1.807, 2.05) is 0 Å². The van der Waals surface area contributed by atoms with Crippen LogP contribution in [0.5, 0.6) is 0 Å². The Morgan fingerprint density at radius 2 is 1.75 bits per heavy atom. The largest absolute Gasteiger partial charge is 0.346 e. The van der Waals surface area contributed by atoms with Crippen molar-refractivity contribution in [2.75, 3.05) is 11.0 Å². The van der Waals surface area contributed by atoms with Crippen molar-refractivity contribution in [1.29, 1.82) is 0 Å². The van der Waals surface area contributed by atoms with Crippen LogP contribution in [0.25, 0.3) is 0 Å². The van der Waals surface area contributed by atoms with Crippen LogP contribution >= 0.6 is 0 Å². The Labute approximate surface area is 141 Å². The molecule has 0 aliphatic heterocycles. The van der Waals surface area contributed by atoms with Gasteiger partial charge < -0.3 is 5.32 Å². The number of carbonyl (C=O) groups is 1. The number of amides is 1. The van der Waals surface area contributed by atoms with Crippen LogP contribution in [0.15, 0.2) is 42.5 Å². The number of nitrogens with one attached hydrogen (secondary N) is 2. The number of carbonyl (C=O) groups excluding carboxylic acids is 1. The van der Waals surface area contributed by atoms with Gasteiger partial charge in [-0.3, -0.25) is 9.52 Å². The summed E-state index contributed by atoms with van der Waals surface area (Å²) in [5.74, 6) is -0.685. The fourth-order valence-corrected chi connectivity index (χ4v) is 2.81. The molecule has 0 saturated heterocycles. The van der Waals surface area contributed by atoms with Gasteiger partial charge in [0.1, 0.15) is 5.82 Å². The minimum absolute atomic E-state index is 0.314. The molecule has 1 amide bonds. The van der Waals surface area contributed by atoms with Gasteiger partial charge in [0.05, 0.1) is 18.0 Å². The normalized spacial score (nSPS) is 12.5. The molecule has 0 spiro atoms. The van der Waals surface area contributed by atoms with E-state index < -0.39 is 10.0 Å². The first-order valence-corrected chi connectivity index (χ1v) is 9.19. The molecule has 0 radical (unpaired) electrons. The van der Waals surface area contributed by atoms with E-state index in [4.69, 9.17) is 0 Å². The minimum atomic E-state index is -3.43. The molecule has 7 heteroatoms. The summed E-state index contributed by atoms with van der Waals surface area (Å²) in [6.07, 6.45) is 1.05. The lowest BCUT2D eigenvalue weighted by Crippen LogP contribution is -2.26. The van der Waals surface area contributed by atoms with E-state index in [-0.39, 0.29) is 17.8 Å². The van der Waals surface area contributed by atoms with E-state index in [2.05, 4.69) is 10.0 Å². The minimum Gasteiger partial charge on any atom is -0.346 e. The van der Waals surface area contributed by atoms with Crippen molar-refractivity contribution in [3.63, 3.8) is 0 Å². The van der Waals surface area contributed by atoms with Crippen LogP contribution in [-0.4, -0.2) is 20.6 Å². The molecule has 0 aliphatic rings. The Hall–Kier alpha value is -2.41. The Kier molecular flexibility index (Phi) is 5.23. The molecule has 0 aromatic heterocycles. The third kappa shape index (κ3) is 4.79. The van der Waals surface area contributed by atoms with Gasteiger partial charge in [-0.25, -0.2) is 12.8 Å². The van der Waals surface area contributed by atoms with Crippen molar-refractivity contribution >= 4 is 21.6 Å². The molecular formula is C17H19FN2O3S. The zero-order chi connectivity index (χ0) is 17.9. The fraction of sp³-hybridized carbons (Fsp3) is 0.235. The molecule has 2 N–H and O–H groups in total. The lowest BCUT2D eigenvalue weighted by atomic mass is 10.1. The van der Waals surface area contributed by atoms with E-state index >= 15 is 0 Å². The summed E-state index contributed by atoms with van der Waals surface area (Å²) in [5, 5.41) is 2.80. The number of hydrogen-bond acceptors (Lipinski definition) is 3. The molecular weight excluding hydrogens is 331 g/mol. The highest BCUT2D eigenvalue weighted by Gasteiger charge is 2.14. The van der Waals surface area contributed by atoms with Crippen LogP contribution < -0.4 is 10.0 Å². The van der Waals surface area contributed by atoms with E-state index in [1.165, 1.54) is 18.2 Å². The first kappa shape index (κ1) is 17.9. The summed E-state index contributed by atoms with van der Waals surface area (Å²) in [7, 11) is -3.43. The van der Waals surface area contributed by atoms with Gasteiger partial charge in [0, 0.05) is 5.56 Å². The third-order valence-electron chi connectivity index (χ3n) is 3.51. The van der Waals surface area contributed by atoms with Crippen molar-refractivity contribution in [2.24, 2.45) is 0 Å². The van der Waals surface area contributed by atoms with Crippen LogP contribution in [0.1, 0.15) is 34.5 Å². The molecule has 0 bridgehead atoms. The highest BCUT2D eigenvalue weighted by Crippen LogP contribution is 2.19. The summed E-state index contributed by atoms with van der Waals surface area (Å²) >= 11 is 0. The van der Waals surface area contributed by atoms with Gasteiger partial charge in [-0.2, -0.15) is 0 Å². The van der Waals surface area contributed by atoms with Gasteiger partial charge >= 0.3 is 0 Å². The molecule has 0 saturated carbocycles. The number of hydrogen-bond donors (Lipinski definition) is 2. The maximum Gasteiger partial charge on any atom is 0.251 e. The molecule has 0 fully saturated rings. The first-order valence-electron chi connectivity index (χ1n) is 7.30. The molecule has 0 aliphatic carbocycles. The zero-order valence-electron chi connectivity index (χ0n) is 13.6. The standard InChI is InChI=1S/C17H19FN2O3S/c1-11-4-5-14(10-16(11)20-24(3,22)23)17(21)19-12(2)13-6-8-15(18)9-7-13/h4-10,12,20H,1-3H3,(H,19,21)/t12-/m1/s1. The molecule has 0 heterocycles. The number of anilines is 1. The molecule has 0 unspecified atom stereocenters. The second-order valence-electron chi connectivity index (χ2n) is 5.65. The van der Waals surface area contributed by atoms with Crippen molar-refractivity contribution in [3.8, 4) is 0 Å². The Balaban J connectivity index is 2.17. The van der Waals surface area contributed by atoms with Crippen LogP contribution in [0.3, 0.4) is 0 Å². The van der Waals surface area contributed by atoms with Gasteiger partial charge in [0.25, 0.3) is 5.91 Å². The number of sulfonamides is 1. The predicted molar refractivity (Wildman–Crippen MR) is 91.9 cm³/mol. The van der Waals surface area contributed by atoms with Crippen LogP contribution in [0, 0.1) is 12.7 Å². The van der Waals surface area contributed by atoms with E-state index in [0.717, 1.165) is 11.8 Å². The van der Waals surface area contributed by atoms with Crippen molar-refractivity contribution in [2.45, 2.75) is 19.9 Å². The Morgan fingerprint density at radius 1 is 1.12 bits per heavy atom. The molecule has 128 valence electrons. The number of rotatable bonds is 5. The highest BCUT2D eigenvalue weighted by atomic mass is 32.2. The summed E-state index contributed by atoms with van der Waals surface area (Å²) in [6, 6.07) is 10.3. The summed E-state index contributed by atoms with van der Waals surface area (Å²) < 4.78 is 38.1. The Morgan fingerprint density at radius 3 is 2.33 bits per heavy atom. The van der Waals surface area contributed by atoms with Crippen LogP contribution in [-0.2, 0) is 10.0 Å². The first-order chi connectivity index (χ1) is 11.2. The smallest absolute Gasteiger partial charge is 0.251 e. The number of halogens is 1. The summed E-state index contributed by atoms with van der Waals surface area (Å²) in [6.45, 7) is 3.53. The van der Waals surface area contributed by atoms with E-state index in [0.29, 0.717) is 16.8 Å². The molecule has 2 aromatic rings. The summed E-state index contributed by atoms with van der Waals surface area (Å²) in [4.78, 5) is 12.4. The maximum absolute atomic E-state index is 13.0. The van der Waals surface area contributed by atoms with Gasteiger partial charge in [0.2, 0.25) is 10.0 Å². The topological polar surface area (TPSA) is 75.3 Å². The molecule has 2 aromatic carbocycles. The van der Waals surface area contributed by atoms with Crippen molar-refractivity contribution in [3.05, 3.63) is 65.0 Å². The van der Waals surface area contributed by atoms with Crippen molar-refractivity contribution < 1.29 is 17.6 Å². The fourth-order valence-electron chi connectivity index (χ4n) is 2.19. The quantitative estimate of drug-likeness (QED) is 0.870. The lowest BCUT2D eigenvalue weighted by molar-refractivity contribution is 0.0940. The Bertz CT molecular complexity index is 849. The van der Waals surface area contributed by atoms with Crippen molar-refractivity contribution in [1.82, 2.24) is 5.32 Å². The number of aryl methyl sites for hydroxylation is 1. The van der Waals surface area contributed by atoms with Gasteiger partial charge in [0.15, 0.2) is 0 Å². The van der Waals surface area contributed by atoms with E-state index in [9.17, 15) is 17.6 Å². The third-order valence-corrected chi connectivity index (χ3v) is 4.10. The maximum atomic E-state index is 13.0. The predicted octanol–water partition coefficient (Wildman–Crippen LogP) is 3.00. The number of benzene rings is 2. The van der Waals surface area contributed by atoms with Crippen LogP contribution in [0.4, 0.5) is 10.1 Å². The van der Waals surface area contributed by atoms with Gasteiger partial charge in [-0.15, -0.1) is 0 Å². The molecule has 2 rings (SSSR count). The molecule has 5 nitrogen and oxygen atoms in total. The zero-order valence-corrected chi connectivity index (χ0v) is 14.4. The highest BCUT2D eigenvalue weighted by molar-refractivity contribution is 7.92. The van der Waals surface area contributed by atoms with Crippen LogP contribution in [0.2, 0.25) is 0 Å². The van der Waals surface area contributed by atoms with E-state index in [1.54, 1.807) is 38.1 Å². The second-order valence-corrected chi connectivity index (χ2v) is 7.40. The average Bonchev–Trinajstić information content (AvgIpc) is 2.48. The molecule has 24 heavy (non-hydrogen) atoms. The van der Waals surface area contributed by atoms with Gasteiger partial charge in [-0.1, -0.05) is 18.2 Å². The molecule has 1 atom stereocenters. The monoisotopic (exact) mass is 350 g/mol. The van der Waals surface area contributed by atoms with Gasteiger partial charge in [-0.05, 0) is 49.2 Å². The SMILES string of the molecule is Cc1ccc(C(=O)N[C@H](C)c2ccc(F)cc2)cc1NS(C)(=O)=O. The lowest BCUT2D eigenvalue weighted by Gasteiger charge is -2.15. The average molecular weight is 350 g/mol.